The van der Waals surface area contributed by atoms with Crippen molar-refractivity contribution in [3.8, 4) is 57.9 Å². The van der Waals surface area contributed by atoms with Gasteiger partial charge in [0, 0.05) is 29.5 Å². The van der Waals surface area contributed by atoms with Crippen LogP contribution in [0, 0.1) is 24.0 Å². The molecule has 56 heavy (non-hydrogen) atoms. The number of carbonyl (C=O) groups is 2. The first-order valence-corrected chi connectivity index (χ1v) is 18.4. The van der Waals surface area contributed by atoms with Crippen LogP contribution in [-0.2, 0) is 5.60 Å². The van der Waals surface area contributed by atoms with Crippen LogP contribution in [0.3, 0.4) is 0 Å². The summed E-state index contributed by atoms with van der Waals surface area (Å²) in [7, 11) is 4.35. The van der Waals surface area contributed by atoms with Crippen molar-refractivity contribution < 1.29 is 46.8 Å². The third-order valence-electron chi connectivity index (χ3n) is 8.15. The monoisotopic (exact) mass is 872 g/mol. The molecule has 2 heterocycles. The largest absolute Gasteiger partial charge is 0.494 e. The number of benzene rings is 3. The van der Waals surface area contributed by atoms with Crippen molar-refractivity contribution in [1.29, 1.82) is 0 Å². The van der Waals surface area contributed by atoms with Gasteiger partial charge in [-0.05, 0) is 78.9 Å². The molecule has 292 valence electrons. The predicted molar refractivity (Wildman–Crippen MR) is 211 cm³/mol. The second-order valence-corrected chi connectivity index (χ2v) is 13.0. The van der Waals surface area contributed by atoms with Gasteiger partial charge in [-0.25, -0.2) is 23.1 Å². The first-order valence-electron chi connectivity index (χ1n) is 16.5. The first kappa shape index (κ1) is 43.6. The van der Waals surface area contributed by atoms with Gasteiger partial charge in [-0.1, -0.05) is 45.1 Å². The average Bonchev–Trinajstić information content (AvgIpc) is 3.23. The number of alkyl halides is 2. The summed E-state index contributed by atoms with van der Waals surface area (Å²) >= 11 is 14.8. The number of terminal acetylenes is 1. The lowest BCUT2D eigenvalue weighted by Crippen LogP contribution is -2.26. The number of halogens is 6. The van der Waals surface area contributed by atoms with Gasteiger partial charge in [-0.15, -0.1) is 6.42 Å². The fourth-order valence-corrected chi connectivity index (χ4v) is 5.85. The van der Waals surface area contributed by atoms with E-state index < -0.39 is 23.9 Å². The number of aliphatic hydroxyl groups is 1. The molecule has 0 saturated carbocycles. The zero-order chi connectivity index (χ0) is 41.0. The van der Waals surface area contributed by atoms with E-state index in [-0.39, 0.29) is 57.8 Å². The summed E-state index contributed by atoms with van der Waals surface area (Å²) in [6, 6.07) is 19.1. The molecule has 0 fully saturated rings. The number of carbonyl (C=O) groups excluding carboxylic acids is 2. The third kappa shape index (κ3) is 10.6. The molecular formula is C41H34BrCl2F3N2O7. The maximum Gasteiger partial charge on any atom is 0.191 e. The van der Waals surface area contributed by atoms with Crippen LogP contribution in [0.4, 0.5) is 13.2 Å². The number of hydrogen-bond acceptors (Lipinski definition) is 9. The van der Waals surface area contributed by atoms with Gasteiger partial charge >= 0.3 is 0 Å². The Morgan fingerprint density at radius 1 is 0.786 bits per heavy atom. The molecule has 0 aliphatic rings. The van der Waals surface area contributed by atoms with E-state index in [2.05, 4.69) is 31.8 Å². The van der Waals surface area contributed by atoms with Crippen molar-refractivity contribution in [3.63, 3.8) is 0 Å². The lowest BCUT2D eigenvalue weighted by atomic mass is 9.91. The number of hydrogen-bond donors (Lipinski definition) is 1. The standard InChI is InChI=1S/C27H24ClF2NO5.C14H10BrClFNO2/c1-4-27(33,12-11-21(32)17-6-8-22(36-14-13-29)24(16-17)35-3)25-10-9-23(34-2)26(31-25)18-5-7-20(30)19(28)15-18;1-20-13-5-4-11(12(19)7-15)18-14(13)8-2-3-10(17)9(16)6-8/h1,5-10,15-16,33H,11-14H2,2-3H3;2-6H,7H2,1H3. The normalized spacial score (nSPS) is 11.7. The molecule has 0 saturated heterocycles. The van der Waals surface area contributed by atoms with Gasteiger partial charge in [0.2, 0.25) is 0 Å². The molecule has 15 heteroatoms. The lowest BCUT2D eigenvalue weighted by molar-refractivity contribution is 0.0736. The summed E-state index contributed by atoms with van der Waals surface area (Å²) in [4.78, 5) is 33.3. The van der Waals surface area contributed by atoms with Crippen LogP contribution >= 0.6 is 39.1 Å². The molecule has 9 nitrogen and oxygen atoms in total. The highest BCUT2D eigenvalue weighted by Gasteiger charge is 2.31. The van der Waals surface area contributed by atoms with E-state index in [1.165, 1.54) is 82.0 Å². The smallest absolute Gasteiger partial charge is 0.191 e. The summed E-state index contributed by atoms with van der Waals surface area (Å²) in [6.07, 6.45) is 5.42. The van der Waals surface area contributed by atoms with Gasteiger partial charge in [-0.3, -0.25) is 9.59 Å². The number of pyridine rings is 2. The lowest BCUT2D eigenvalue weighted by Gasteiger charge is -2.23. The van der Waals surface area contributed by atoms with Gasteiger partial charge in [0.1, 0.15) is 53.5 Å². The van der Waals surface area contributed by atoms with Gasteiger partial charge in [0.15, 0.2) is 28.7 Å². The van der Waals surface area contributed by atoms with Gasteiger partial charge in [0.05, 0.1) is 42.4 Å². The molecule has 0 radical (unpaired) electrons. The molecule has 2 aromatic heterocycles. The molecule has 1 atom stereocenters. The minimum atomic E-state index is -1.88. The summed E-state index contributed by atoms with van der Waals surface area (Å²) in [5.74, 6) is 2.20. The van der Waals surface area contributed by atoms with Crippen LogP contribution in [0.1, 0.15) is 39.4 Å². The molecule has 1 unspecified atom stereocenters. The Morgan fingerprint density at radius 2 is 1.34 bits per heavy atom. The molecule has 1 N–H and O–H groups in total. The van der Waals surface area contributed by atoms with Crippen molar-refractivity contribution >= 4 is 50.7 Å². The highest BCUT2D eigenvalue weighted by molar-refractivity contribution is 9.09. The zero-order valence-corrected chi connectivity index (χ0v) is 33.3. The average molecular weight is 875 g/mol. The molecule has 0 spiro atoms. The second kappa shape index (κ2) is 20.2. The van der Waals surface area contributed by atoms with Crippen molar-refractivity contribution in [2.75, 3.05) is 39.9 Å². The van der Waals surface area contributed by atoms with E-state index in [9.17, 15) is 27.9 Å². The van der Waals surface area contributed by atoms with Crippen LogP contribution in [0.25, 0.3) is 22.5 Å². The highest BCUT2D eigenvalue weighted by atomic mass is 79.9. The summed E-state index contributed by atoms with van der Waals surface area (Å²) in [5.41, 5.74) is 0.624. The van der Waals surface area contributed by atoms with Crippen LogP contribution in [-0.4, -0.2) is 66.6 Å². The van der Waals surface area contributed by atoms with E-state index in [0.717, 1.165) is 0 Å². The maximum atomic E-state index is 13.6. The summed E-state index contributed by atoms with van der Waals surface area (Å²) in [6.45, 7) is -0.802. The Morgan fingerprint density at radius 3 is 1.86 bits per heavy atom. The first-order chi connectivity index (χ1) is 26.8. The fraction of sp³-hybridized carbons (Fsp3) is 0.220. The molecule has 0 aliphatic carbocycles. The van der Waals surface area contributed by atoms with Gasteiger partial charge < -0.3 is 24.1 Å². The Balaban J connectivity index is 0.000000293. The quantitative estimate of drug-likeness (QED) is 0.0624. The maximum absolute atomic E-state index is 13.6. The Hall–Kier alpha value is -5.13. The Bertz CT molecular complexity index is 2260. The molecular weight excluding hydrogens is 840 g/mol. The van der Waals surface area contributed by atoms with Crippen LogP contribution in [0.5, 0.6) is 23.0 Å². The van der Waals surface area contributed by atoms with E-state index in [1.54, 1.807) is 18.2 Å². The number of rotatable bonds is 15. The van der Waals surface area contributed by atoms with E-state index in [1.807, 2.05) is 0 Å². The molecule has 5 aromatic rings. The fourth-order valence-electron chi connectivity index (χ4n) is 5.20. The Labute approximate surface area is 339 Å². The van der Waals surface area contributed by atoms with Crippen LogP contribution in [0.2, 0.25) is 10.0 Å². The Kier molecular flexibility index (Phi) is 15.7. The van der Waals surface area contributed by atoms with Crippen molar-refractivity contribution in [2.24, 2.45) is 0 Å². The molecule has 5 rings (SSSR count). The topological polar surface area (TPSA) is 117 Å². The highest BCUT2D eigenvalue weighted by Crippen LogP contribution is 2.36. The SMILES string of the molecule is C#CC(O)(CCC(=O)c1ccc(OCCF)c(OC)c1)c1ccc(OC)c(-c2ccc(F)c(Cl)c2)n1.COc1ccc(C(=O)CBr)nc1-c1ccc(F)c(Cl)c1. The van der Waals surface area contributed by atoms with E-state index in [0.29, 0.717) is 51.0 Å². The van der Waals surface area contributed by atoms with Crippen LogP contribution < -0.4 is 18.9 Å². The van der Waals surface area contributed by atoms with Crippen molar-refractivity contribution in [2.45, 2.75) is 18.4 Å². The summed E-state index contributed by atoms with van der Waals surface area (Å²) < 4.78 is 60.3. The third-order valence-corrected chi connectivity index (χ3v) is 9.23. The molecule has 0 aliphatic heterocycles. The van der Waals surface area contributed by atoms with Crippen molar-refractivity contribution in [3.05, 3.63) is 117 Å². The molecule has 0 amide bonds. The van der Waals surface area contributed by atoms with E-state index in [4.69, 9.17) is 48.6 Å². The van der Waals surface area contributed by atoms with Gasteiger partial charge in [0.25, 0.3) is 0 Å². The van der Waals surface area contributed by atoms with Crippen LogP contribution in [0.15, 0.2) is 78.9 Å². The molecule has 0 bridgehead atoms. The number of ether oxygens (including phenoxy) is 4. The number of nitrogens with zero attached hydrogens (tertiary/aromatic N) is 2. The van der Waals surface area contributed by atoms with Crippen molar-refractivity contribution in [1.82, 2.24) is 9.97 Å². The zero-order valence-electron chi connectivity index (χ0n) is 30.2. The number of methoxy groups -OCH3 is 3. The number of aromatic nitrogens is 2. The van der Waals surface area contributed by atoms with Gasteiger partial charge in [-0.2, -0.15) is 0 Å². The summed E-state index contributed by atoms with van der Waals surface area (Å²) in [5, 5.41) is 11.3. The number of Topliss-reactive ketones (excluding diaryl/α,β-unsaturated/α-hetero) is 2. The number of ketones is 2. The minimum Gasteiger partial charge on any atom is -0.494 e. The van der Waals surface area contributed by atoms with E-state index >= 15 is 0 Å². The second-order valence-electron chi connectivity index (χ2n) is 11.6. The minimum absolute atomic E-state index is 0.0106. The predicted octanol–water partition coefficient (Wildman–Crippen LogP) is 9.52. The molecule has 3 aromatic carbocycles.